The van der Waals surface area contributed by atoms with E-state index in [1.54, 1.807) is 31.4 Å². The first-order valence-corrected chi connectivity index (χ1v) is 9.54. The Balaban J connectivity index is 2.18. The van der Waals surface area contributed by atoms with Gasteiger partial charge in [0.15, 0.2) is 4.80 Å². The lowest BCUT2D eigenvalue weighted by molar-refractivity contribution is -0.143. The molecule has 3 rings (SSSR count). The van der Waals surface area contributed by atoms with Crippen LogP contribution in [0.1, 0.15) is 39.9 Å². The summed E-state index contributed by atoms with van der Waals surface area (Å²) in [6.45, 7) is 9.61. The van der Waals surface area contributed by atoms with Crippen molar-refractivity contribution in [3.8, 4) is 0 Å². The first-order valence-electron chi connectivity index (χ1n) is 8.72. The zero-order valence-electron chi connectivity index (χ0n) is 16.1. The van der Waals surface area contributed by atoms with Crippen molar-refractivity contribution in [2.45, 2.75) is 41.2 Å². The quantitative estimate of drug-likeness (QED) is 0.639. The number of esters is 1. The molecule has 6 nitrogen and oxygen atoms in total. The van der Waals surface area contributed by atoms with Gasteiger partial charge in [-0.15, -0.1) is 0 Å². The number of amides is 1. The monoisotopic (exact) mass is 386 g/mol. The molecule has 0 bridgehead atoms. The number of benzene rings is 1. The number of carbonyl (C=O) groups excluding carboxylic acids is 2. The van der Waals surface area contributed by atoms with E-state index in [9.17, 15) is 9.59 Å². The summed E-state index contributed by atoms with van der Waals surface area (Å²) in [5, 5.41) is 0. The Kier molecular flexibility index (Phi) is 5.32. The van der Waals surface area contributed by atoms with E-state index < -0.39 is 0 Å². The van der Waals surface area contributed by atoms with E-state index in [0.29, 0.717) is 28.5 Å². The Morgan fingerprint density at radius 3 is 2.56 bits per heavy atom. The SMILES string of the molecule is CCOC(=O)Cn1c(=NC(=O)c2cc(C)oc2C)sc2c(C)cc(C)cc21. The molecule has 0 aliphatic carbocycles. The van der Waals surface area contributed by atoms with Crippen LogP contribution in [0.3, 0.4) is 0 Å². The van der Waals surface area contributed by atoms with E-state index in [0.717, 1.165) is 21.3 Å². The van der Waals surface area contributed by atoms with Crippen molar-refractivity contribution in [1.82, 2.24) is 4.57 Å². The number of carbonyl (C=O) groups is 2. The molecule has 2 aromatic heterocycles. The first kappa shape index (κ1) is 19.1. The molecular weight excluding hydrogens is 364 g/mol. The molecule has 0 saturated heterocycles. The summed E-state index contributed by atoms with van der Waals surface area (Å²) < 4.78 is 13.3. The van der Waals surface area contributed by atoms with Crippen molar-refractivity contribution in [2.75, 3.05) is 6.61 Å². The van der Waals surface area contributed by atoms with Crippen LogP contribution in [-0.4, -0.2) is 23.1 Å². The zero-order chi connectivity index (χ0) is 19.7. The normalized spacial score (nSPS) is 12.0. The predicted molar refractivity (Wildman–Crippen MR) is 104 cm³/mol. The van der Waals surface area contributed by atoms with E-state index >= 15 is 0 Å². The fourth-order valence-electron chi connectivity index (χ4n) is 3.08. The second kappa shape index (κ2) is 7.52. The highest BCUT2D eigenvalue weighted by molar-refractivity contribution is 7.16. The van der Waals surface area contributed by atoms with Gasteiger partial charge < -0.3 is 13.7 Å². The highest BCUT2D eigenvalue weighted by atomic mass is 32.1. The number of hydrogen-bond acceptors (Lipinski definition) is 5. The maximum Gasteiger partial charge on any atom is 0.326 e. The molecular formula is C20H22N2O4S. The lowest BCUT2D eigenvalue weighted by Crippen LogP contribution is -2.23. The third kappa shape index (κ3) is 3.88. The molecule has 7 heteroatoms. The molecule has 1 aromatic carbocycles. The van der Waals surface area contributed by atoms with Crippen molar-refractivity contribution in [2.24, 2.45) is 4.99 Å². The van der Waals surface area contributed by atoms with Gasteiger partial charge >= 0.3 is 5.97 Å². The summed E-state index contributed by atoms with van der Waals surface area (Å²) in [6, 6.07) is 5.75. The third-order valence-electron chi connectivity index (χ3n) is 4.18. The minimum atomic E-state index is -0.386. The number of fused-ring (bicyclic) bond motifs is 1. The van der Waals surface area contributed by atoms with E-state index in [2.05, 4.69) is 11.1 Å². The van der Waals surface area contributed by atoms with E-state index in [4.69, 9.17) is 9.15 Å². The predicted octanol–water partition coefficient (Wildman–Crippen LogP) is 3.83. The molecule has 0 fully saturated rings. The van der Waals surface area contributed by atoms with Crippen LogP contribution in [-0.2, 0) is 16.1 Å². The molecule has 0 aliphatic heterocycles. The van der Waals surface area contributed by atoms with E-state index in [1.165, 1.54) is 11.3 Å². The summed E-state index contributed by atoms with van der Waals surface area (Å²) in [5.41, 5.74) is 3.46. The lowest BCUT2D eigenvalue weighted by atomic mass is 10.1. The molecule has 1 amide bonds. The number of ether oxygens (including phenoxy) is 1. The van der Waals surface area contributed by atoms with Crippen LogP contribution in [0.4, 0.5) is 0 Å². The third-order valence-corrected chi connectivity index (χ3v) is 5.41. The summed E-state index contributed by atoms with van der Waals surface area (Å²) in [5.74, 6) is 0.447. The van der Waals surface area contributed by atoms with E-state index in [-0.39, 0.29) is 18.4 Å². The van der Waals surface area contributed by atoms with Gasteiger partial charge in [0.25, 0.3) is 5.91 Å². The average Bonchev–Trinajstić information content (AvgIpc) is 3.08. The summed E-state index contributed by atoms with van der Waals surface area (Å²) in [7, 11) is 0. The maximum atomic E-state index is 12.7. The smallest absolute Gasteiger partial charge is 0.326 e. The van der Waals surface area contributed by atoms with Crippen molar-refractivity contribution in [1.29, 1.82) is 0 Å². The Morgan fingerprint density at radius 1 is 1.19 bits per heavy atom. The summed E-state index contributed by atoms with van der Waals surface area (Å²) in [4.78, 5) is 29.6. The molecule has 3 aromatic rings. The molecule has 2 heterocycles. The van der Waals surface area contributed by atoms with E-state index in [1.807, 2.05) is 19.9 Å². The number of hydrogen-bond donors (Lipinski definition) is 0. The standard InChI is InChI=1S/C20H22N2O4S/c1-6-25-17(23)10-22-16-8-11(2)7-12(3)18(16)27-20(22)21-19(24)15-9-13(4)26-14(15)5/h7-9H,6,10H2,1-5H3. The minimum Gasteiger partial charge on any atom is -0.466 e. The fourth-order valence-corrected chi connectivity index (χ4v) is 4.15. The van der Waals surface area contributed by atoms with Crippen LogP contribution in [0.5, 0.6) is 0 Å². The number of aromatic nitrogens is 1. The second-order valence-corrected chi connectivity index (χ2v) is 7.43. The Morgan fingerprint density at radius 2 is 1.93 bits per heavy atom. The maximum absolute atomic E-state index is 12.7. The van der Waals surface area contributed by atoms with Gasteiger partial charge in [0.1, 0.15) is 18.1 Å². The topological polar surface area (TPSA) is 73.8 Å². The van der Waals surface area contributed by atoms with Gasteiger partial charge in [0.05, 0.1) is 22.4 Å². The molecule has 0 radical (unpaired) electrons. The largest absolute Gasteiger partial charge is 0.466 e. The fraction of sp³-hybridized carbons (Fsp3) is 0.350. The van der Waals surface area contributed by atoms with Crippen molar-refractivity contribution in [3.05, 3.63) is 51.2 Å². The Labute approximate surface area is 161 Å². The zero-order valence-corrected chi connectivity index (χ0v) is 16.9. The Hall–Kier alpha value is -2.67. The van der Waals surface area contributed by atoms with Gasteiger partial charge in [-0.05, 0) is 57.9 Å². The highest BCUT2D eigenvalue weighted by Crippen LogP contribution is 2.24. The van der Waals surface area contributed by atoms with Gasteiger partial charge in [-0.2, -0.15) is 4.99 Å². The average molecular weight is 386 g/mol. The second-order valence-electron chi connectivity index (χ2n) is 6.45. The van der Waals surface area contributed by atoms with Crippen LogP contribution in [0.2, 0.25) is 0 Å². The Bertz CT molecular complexity index is 1100. The van der Waals surface area contributed by atoms with Crippen molar-refractivity contribution >= 4 is 33.4 Å². The minimum absolute atomic E-state index is 0.00619. The summed E-state index contributed by atoms with van der Waals surface area (Å²) >= 11 is 1.39. The number of furan rings is 1. The van der Waals surface area contributed by atoms with Gasteiger partial charge in [-0.25, -0.2) is 0 Å². The van der Waals surface area contributed by atoms with Gasteiger partial charge in [0.2, 0.25) is 0 Å². The van der Waals surface area contributed by atoms with Crippen LogP contribution in [0.25, 0.3) is 10.2 Å². The molecule has 0 N–H and O–H groups in total. The van der Waals surface area contributed by atoms with Crippen LogP contribution in [0.15, 0.2) is 27.6 Å². The molecule has 27 heavy (non-hydrogen) atoms. The lowest BCUT2D eigenvalue weighted by Gasteiger charge is -2.06. The van der Waals surface area contributed by atoms with Crippen LogP contribution < -0.4 is 4.80 Å². The van der Waals surface area contributed by atoms with Crippen LogP contribution >= 0.6 is 11.3 Å². The van der Waals surface area contributed by atoms with Crippen molar-refractivity contribution in [3.63, 3.8) is 0 Å². The molecule has 0 aliphatic rings. The van der Waals surface area contributed by atoms with Gasteiger partial charge in [-0.3, -0.25) is 9.59 Å². The molecule has 0 saturated carbocycles. The molecule has 0 spiro atoms. The highest BCUT2D eigenvalue weighted by Gasteiger charge is 2.17. The number of aryl methyl sites for hydroxylation is 4. The van der Waals surface area contributed by atoms with Gasteiger partial charge in [0, 0.05) is 0 Å². The first-order chi connectivity index (χ1) is 12.8. The van der Waals surface area contributed by atoms with Crippen molar-refractivity contribution < 1.29 is 18.7 Å². The van der Waals surface area contributed by atoms with Gasteiger partial charge in [-0.1, -0.05) is 17.4 Å². The molecule has 0 unspecified atom stereocenters. The number of thiazole rings is 1. The number of rotatable bonds is 4. The molecule has 142 valence electrons. The number of nitrogens with zero attached hydrogens (tertiary/aromatic N) is 2. The molecule has 0 atom stereocenters. The van der Waals surface area contributed by atoms with Crippen LogP contribution in [0, 0.1) is 27.7 Å². The summed E-state index contributed by atoms with van der Waals surface area (Å²) in [6.07, 6.45) is 0.